The molecule has 2 aromatic carbocycles. The van der Waals surface area contributed by atoms with Crippen molar-refractivity contribution in [2.75, 3.05) is 11.1 Å². The lowest BCUT2D eigenvalue weighted by Crippen LogP contribution is -2.13. The molecule has 0 atom stereocenters. The molecule has 0 aliphatic rings. The number of nitrogens with zero attached hydrogens (tertiary/aromatic N) is 3. The second-order valence-corrected chi connectivity index (χ2v) is 8.85. The van der Waals surface area contributed by atoms with Gasteiger partial charge in [0.2, 0.25) is 0 Å². The van der Waals surface area contributed by atoms with Crippen LogP contribution < -0.4 is 5.32 Å². The van der Waals surface area contributed by atoms with Crippen LogP contribution in [0.2, 0.25) is 0 Å². The minimum atomic E-state index is -0.432. The van der Waals surface area contributed by atoms with Gasteiger partial charge in [-0.2, -0.15) is 5.10 Å². The molecule has 0 saturated heterocycles. The van der Waals surface area contributed by atoms with Crippen LogP contribution in [0, 0.1) is 29.9 Å². The van der Waals surface area contributed by atoms with Crippen molar-refractivity contribution in [3.8, 4) is 5.69 Å². The Kier molecular flexibility index (Phi) is 7.12. The minimum Gasteiger partial charge on any atom is -0.319 e. The number of carbonyl (C=O) groups excluding carboxylic acids is 1. The Bertz CT molecular complexity index is 1090. The van der Waals surface area contributed by atoms with Crippen molar-refractivity contribution < 1.29 is 9.72 Å². The van der Waals surface area contributed by atoms with E-state index in [0.717, 1.165) is 23.6 Å². The van der Waals surface area contributed by atoms with Crippen LogP contribution in [-0.4, -0.2) is 26.4 Å². The molecule has 0 radical (unpaired) electrons. The summed E-state index contributed by atoms with van der Waals surface area (Å²) in [5, 5.41) is 19.0. The summed E-state index contributed by atoms with van der Waals surface area (Å²) >= 11 is 1.45. The molecule has 0 aliphatic heterocycles. The van der Waals surface area contributed by atoms with Crippen LogP contribution in [0.5, 0.6) is 0 Å². The maximum atomic E-state index is 12.9. The van der Waals surface area contributed by atoms with Gasteiger partial charge in [-0.3, -0.25) is 14.9 Å². The number of hydrogen-bond donors (Lipinski definition) is 1. The summed E-state index contributed by atoms with van der Waals surface area (Å²) in [4.78, 5) is 24.6. The molecule has 0 bridgehead atoms. The molecule has 1 N–H and O–H groups in total. The zero-order chi connectivity index (χ0) is 22.5. The Morgan fingerprint density at radius 1 is 1.19 bits per heavy atom. The number of nitrogens with one attached hydrogen (secondary N) is 1. The van der Waals surface area contributed by atoms with Crippen molar-refractivity contribution >= 4 is 29.0 Å². The Morgan fingerprint density at radius 3 is 2.55 bits per heavy atom. The average Bonchev–Trinajstić information content (AvgIpc) is 3.02. The highest BCUT2D eigenvalue weighted by Crippen LogP contribution is 2.32. The first-order valence-electron chi connectivity index (χ1n) is 10.1. The van der Waals surface area contributed by atoms with Gasteiger partial charge in [0.15, 0.2) is 0 Å². The van der Waals surface area contributed by atoms with Crippen molar-refractivity contribution in [1.82, 2.24) is 9.78 Å². The van der Waals surface area contributed by atoms with Gasteiger partial charge >= 0.3 is 0 Å². The minimum absolute atomic E-state index is 0.0465. The lowest BCUT2D eigenvalue weighted by Gasteiger charge is -2.09. The summed E-state index contributed by atoms with van der Waals surface area (Å²) in [5.41, 5.74) is 3.15. The highest BCUT2D eigenvalue weighted by atomic mass is 32.2. The van der Waals surface area contributed by atoms with Crippen LogP contribution in [0.15, 0.2) is 53.4 Å². The van der Waals surface area contributed by atoms with E-state index >= 15 is 0 Å². The third kappa shape index (κ3) is 5.32. The monoisotopic (exact) mass is 438 g/mol. The van der Waals surface area contributed by atoms with Crippen LogP contribution in [0.3, 0.4) is 0 Å². The van der Waals surface area contributed by atoms with Gasteiger partial charge in [-0.15, -0.1) is 11.8 Å². The SMILES string of the molecule is Cc1nn(-c2ccccc2)c(C)c1NC(=O)c1ccc(SCCC(C)C)c([N+](=O)[O-])c1. The number of amides is 1. The molecule has 0 spiro atoms. The molecule has 0 unspecified atom stereocenters. The van der Waals surface area contributed by atoms with Crippen molar-refractivity contribution in [2.24, 2.45) is 5.92 Å². The van der Waals surface area contributed by atoms with Gasteiger partial charge in [-0.05, 0) is 56.2 Å². The smallest absolute Gasteiger partial charge is 0.283 e. The zero-order valence-corrected chi connectivity index (χ0v) is 18.9. The van der Waals surface area contributed by atoms with E-state index in [-0.39, 0.29) is 11.3 Å². The third-order valence-corrected chi connectivity index (χ3v) is 6.00. The van der Waals surface area contributed by atoms with Crippen molar-refractivity contribution in [3.05, 3.63) is 75.6 Å². The number of thioether (sulfide) groups is 1. The van der Waals surface area contributed by atoms with E-state index < -0.39 is 10.8 Å². The van der Waals surface area contributed by atoms with Gasteiger partial charge in [-0.25, -0.2) is 4.68 Å². The van der Waals surface area contributed by atoms with Crippen molar-refractivity contribution in [1.29, 1.82) is 0 Å². The van der Waals surface area contributed by atoms with E-state index in [0.29, 0.717) is 22.2 Å². The first-order chi connectivity index (χ1) is 14.8. The van der Waals surface area contributed by atoms with E-state index in [2.05, 4.69) is 24.3 Å². The number of benzene rings is 2. The molecule has 0 saturated carbocycles. The standard InChI is InChI=1S/C23H26N4O3S/c1-15(2)12-13-31-21-11-10-18(14-20(21)27(29)30)23(28)24-22-16(3)25-26(17(22)4)19-8-6-5-7-9-19/h5-11,14-15H,12-13H2,1-4H3,(H,24,28). The zero-order valence-electron chi connectivity index (χ0n) is 18.1. The molecule has 3 aromatic rings. The molecule has 162 valence electrons. The molecule has 1 aromatic heterocycles. The highest BCUT2D eigenvalue weighted by Gasteiger charge is 2.20. The lowest BCUT2D eigenvalue weighted by atomic mass is 10.1. The van der Waals surface area contributed by atoms with Gasteiger partial charge in [-0.1, -0.05) is 32.0 Å². The number of hydrogen-bond acceptors (Lipinski definition) is 5. The van der Waals surface area contributed by atoms with Gasteiger partial charge in [0.25, 0.3) is 11.6 Å². The predicted molar refractivity (Wildman–Crippen MR) is 124 cm³/mol. The fraction of sp³-hybridized carbons (Fsp3) is 0.304. The topological polar surface area (TPSA) is 90.1 Å². The van der Waals surface area contributed by atoms with E-state index in [9.17, 15) is 14.9 Å². The summed E-state index contributed by atoms with van der Waals surface area (Å²) in [6.07, 6.45) is 0.966. The first-order valence-corrected chi connectivity index (χ1v) is 11.1. The van der Waals surface area contributed by atoms with E-state index in [1.54, 1.807) is 16.8 Å². The van der Waals surface area contributed by atoms with E-state index in [4.69, 9.17) is 0 Å². The summed E-state index contributed by atoms with van der Waals surface area (Å²) in [7, 11) is 0. The predicted octanol–water partition coefficient (Wildman–Crippen LogP) is 5.79. The second kappa shape index (κ2) is 9.78. The Labute approximate surface area is 186 Å². The molecule has 1 heterocycles. The number of nitro groups is 1. The number of para-hydroxylation sites is 1. The summed E-state index contributed by atoms with van der Waals surface area (Å²) < 4.78 is 1.77. The third-order valence-electron chi connectivity index (χ3n) is 4.90. The van der Waals surface area contributed by atoms with Crippen molar-refractivity contribution in [3.63, 3.8) is 0 Å². The summed E-state index contributed by atoms with van der Waals surface area (Å²) in [6, 6.07) is 14.3. The summed E-state index contributed by atoms with van der Waals surface area (Å²) in [6.45, 7) is 7.93. The molecule has 1 amide bonds. The number of aromatic nitrogens is 2. The van der Waals surface area contributed by atoms with Gasteiger partial charge < -0.3 is 5.32 Å². The maximum absolute atomic E-state index is 12.9. The first kappa shape index (κ1) is 22.6. The number of aryl methyl sites for hydroxylation is 1. The molecule has 3 rings (SSSR count). The molecular formula is C23H26N4O3S. The lowest BCUT2D eigenvalue weighted by molar-refractivity contribution is -0.387. The molecule has 8 heteroatoms. The maximum Gasteiger partial charge on any atom is 0.283 e. The van der Waals surface area contributed by atoms with Crippen LogP contribution in [0.4, 0.5) is 11.4 Å². The number of rotatable bonds is 8. The molecular weight excluding hydrogens is 412 g/mol. The van der Waals surface area contributed by atoms with Crippen LogP contribution >= 0.6 is 11.8 Å². The Balaban J connectivity index is 1.83. The van der Waals surface area contributed by atoms with Gasteiger partial charge in [0.1, 0.15) is 0 Å². The summed E-state index contributed by atoms with van der Waals surface area (Å²) in [5.74, 6) is 0.918. The fourth-order valence-corrected chi connectivity index (χ4v) is 4.41. The van der Waals surface area contributed by atoms with Gasteiger partial charge in [0, 0.05) is 11.6 Å². The molecule has 0 fully saturated rings. The van der Waals surface area contributed by atoms with Crippen LogP contribution in [-0.2, 0) is 0 Å². The normalized spacial score (nSPS) is 11.0. The second-order valence-electron chi connectivity index (χ2n) is 7.72. The number of anilines is 1. The molecule has 7 nitrogen and oxygen atoms in total. The van der Waals surface area contributed by atoms with E-state index in [1.165, 1.54) is 17.8 Å². The van der Waals surface area contributed by atoms with Gasteiger partial charge in [0.05, 0.1) is 32.6 Å². The molecule has 31 heavy (non-hydrogen) atoms. The largest absolute Gasteiger partial charge is 0.319 e. The Morgan fingerprint density at radius 2 is 1.90 bits per heavy atom. The van der Waals surface area contributed by atoms with Crippen molar-refractivity contribution in [2.45, 2.75) is 39.0 Å². The highest BCUT2D eigenvalue weighted by molar-refractivity contribution is 7.99. The Hall–Kier alpha value is -3.13. The van der Waals surface area contributed by atoms with Crippen LogP contribution in [0.25, 0.3) is 5.69 Å². The van der Waals surface area contributed by atoms with E-state index in [1.807, 2.05) is 44.2 Å². The fourth-order valence-electron chi connectivity index (χ4n) is 3.16. The number of nitro benzene ring substituents is 1. The quantitative estimate of drug-likeness (QED) is 0.273. The average molecular weight is 439 g/mol. The molecule has 0 aliphatic carbocycles. The number of carbonyl (C=O) groups is 1. The van der Waals surface area contributed by atoms with Crippen LogP contribution in [0.1, 0.15) is 42.0 Å².